The summed E-state index contributed by atoms with van der Waals surface area (Å²) in [6, 6.07) is 8.96. The van der Waals surface area contributed by atoms with Gasteiger partial charge in [-0.2, -0.15) is 0 Å². The van der Waals surface area contributed by atoms with Crippen LogP contribution in [0.3, 0.4) is 0 Å². The summed E-state index contributed by atoms with van der Waals surface area (Å²) in [5.74, 6) is 0.828. The van der Waals surface area contributed by atoms with Crippen molar-refractivity contribution in [2.24, 2.45) is 10.9 Å². The first kappa shape index (κ1) is 10.8. The van der Waals surface area contributed by atoms with Crippen LogP contribution in [0.25, 0.3) is 0 Å². The van der Waals surface area contributed by atoms with E-state index in [2.05, 4.69) is 39.5 Å². The van der Waals surface area contributed by atoms with E-state index in [1.165, 1.54) is 37.2 Å². The van der Waals surface area contributed by atoms with Crippen LogP contribution in [0.1, 0.15) is 12.0 Å². The normalized spacial score (nSPS) is 23.5. The van der Waals surface area contributed by atoms with Gasteiger partial charge in [0.05, 0.1) is 12.9 Å². The summed E-state index contributed by atoms with van der Waals surface area (Å²) in [6.07, 6.45) is 4.47. The highest BCUT2D eigenvalue weighted by molar-refractivity contribution is 5.80. The van der Waals surface area contributed by atoms with Crippen LogP contribution in [0.5, 0.6) is 0 Å². The maximum atomic E-state index is 4.24. The molecule has 1 fully saturated rings. The van der Waals surface area contributed by atoms with E-state index in [-0.39, 0.29) is 0 Å². The molecule has 1 saturated heterocycles. The van der Waals surface area contributed by atoms with Gasteiger partial charge < -0.3 is 10.2 Å². The summed E-state index contributed by atoms with van der Waals surface area (Å²) >= 11 is 0. The third-order valence-electron chi connectivity index (χ3n) is 3.65. The topological polar surface area (TPSA) is 27.6 Å². The van der Waals surface area contributed by atoms with Crippen LogP contribution in [0.2, 0.25) is 0 Å². The molecule has 2 aliphatic heterocycles. The molecule has 1 atom stereocenters. The quantitative estimate of drug-likeness (QED) is 0.854. The van der Waals surface area contributed by atoms with Gasteiger partial charge in [-0.25, -0.2) is 0 Å². The zero-order valence-corrected chi connectivity index (χ0v) is 10.1. The number of benzene rings is 1. The third kappa shape index (κ3) is 2.50. The molecule has 0 aromatic heterocycles. The van der Waals surface area contributed by atoms with Crippen LogP contribution in [0, 0.1) is 5.92 Å². The highest BCUT2D eigenvalue weighted by atomic mass is 15.2. The molecule has 1 unspecified atom stereocenters. The smallest absolute Gasteiger partial charge is 0.0895 e. The molecular weight excluding hydrogens is 210 g/mol. The first-order valence-corrected chi connectivity index (χ1v) is 6.48. The number of nitrogens with zero attached hydrogens (tertiary/aromatic N) is 2. The fourth-order valence-corrected chi connectivity index (χ4v) is 2.62. The summed E-state index contributed by atoms with van der Waals surface area (Å²) in [5.41, 5.74) is 2.72. The minimum absolute atomic E-state index is 0.828. The van der Waals surface area contributed by atoms with Crippen LogP contribution in [-0.4, -0.2) is 32.5 Å². The number of aliphatic imine (C=N–C) groups is 1. The van der Waals surface area contributed by atoms with Crippen LogP contribution < -0.4 is 10.2 Å². The van der Waals surface area contributed by atoms with Gasteiger partial charge in [0.1, 0.15) is 0 Å². The van der Waals surface area contributed by atoms with Gasteiger partial charge in [-0.15, -0.1) is 0 Å². The SMILES string of the molecule is C1=NCCN1c1ccc(CC2CCNC2)cc1. The lowest BCUT2D eigenvalue weighted by atomic mass is 9.98. The van der Waals surface area contributed by atoms with Gasteiger partial charge in [0.15, 0.2) is 0 Å². The number of anilines is 1. The van der Waals surface area contributed by atoms with Gasteiger partial charge in [-0.05, 0) is 49.5 Å². The van der Waals surface area contributed by atoms with E-state index in [1.54, 1.807) is 0 Å². The fourth-order valence-electron chi connectivity index (χ4n) is 2.62. The van der Waals surface area contributed by atoms with Crippen molar-refractivity contribution >= 4 is 12.0 Å². The molecule has 0 spiro atoms. The molecule has 0 saturated carbocycles. The Morgan fingerprint density at radius 1 is 1.29 bits per heavy atom. The van der Waals surface area contributed by atoms with Gasteiger partial charge >= 0.3 is 0 Å². The van der Waals surface area contributed by atoms with Crippen molar-refractivity contribution in [1.29, 1.82) is 0 Å². The predicted octanol–water partition coefficient (Wildman–Crippen LogP) is 1.69. The molecule has 0 bridgehead atoms. The molecule has 3 nitrogen and oxygen atoms in total. The molecule has 2 aliphatic rings. The van der Waals surface area contributed by atoms with E-state index >= 15 is 0 Å². The maximum absolute atomic E-state index is 4.24. The average molecular weight is 229 g/mol. The highest BCUT2D eigenvalue weighted by Gasteiger charge is 2.15. The summed E-state index contributed by atoms with van der Waals surface area (Å²) in [7, 11) is 0. The molecule has 1 N–H and O–H groups in total. The Bertz CT molecular complexity index is 390. The molecule has 90 valence electrons. The first-order chi connectivity index (χ1) is 8.42. The Balaban J connectivity index is 1.64. The molecule has 0 amide bonds. The molecule has 2 heterocycles. The van der Waals surface area contributed by atoms with Crippen molar-refractivity contribution in [1.82, 2.24) is 5.32 Å². The van der Waals surface area contributed by atoms with Crippen molar-refractivity contribution < 1.29 is 0 Å². The number of rotatable bonds is 3. The summed E-state index contributed by atoms with van der Waals surface area (Å²) in [5, 5.41) is 3.42. The lowest BCUT2D eigenvalue weighted by Crippen LogP contribution is -2.18. The molecule has 0 aliphatic carbocycles. The minimum Gasteiger partial charge on any atom is -0.331 e. The largest absolute Gasteiger partial charge is 0.331 e. The zero-order valence-electron chi connectivity index (χ0n) is 10.1. The van der Waals surface area contributed by atoms with E-state index in [1.807, 2.05) is 6.34 Å². The maximum Gasteiger partial charge on any atom is 0.0895 e. The molecular formula is C14H19N3. The third-order valence-corrected chi connectivity index (χ3v) is 3.65. The second-order valence-corrected chi connectivity index (χ2v) is 4.94. The Hall–Kier alpha value is -1.35. The van der Waals surface area contributed by atoms with E-state index < -0.39 is 0 Å². The molecule has 3 rings (SSSR count). The first-order valence-electron chi connectivity index (χ1n) is 6.48. The van der Waals surface area contributed by atoms with Crippen LogP contribution in [0.15, 0.2) is 29.3 Å². The molecule has 3 heteroatoms. The van der Waals surface area contributed by atoms with Crippen LogP contribution >= 0.6 is 0 Å². The van der Waals surface area contributed by atoms with Gasteiger partial charge in [0.25, 0.3) is 0 Å². The molecule has 1 aromatic rings. The summed E-state index contributed by atoms with van der Waals surface area (Å²) in [6.45, 7) is 4.31. The van der Waals surface area contributed by atoms with Gasteiger partial charge in [0, 0.05) is 12.2 Å². The minimum atomic E-state index is 0.828. The van der Waals surface area contributed by atoms with Gasteiger partial charge in [0.2, 0.25) is 0 Å². The van der Waals surface area contributed by atoms with Gasteiger partial charge in [-0.3, -0.25) is 4.99 Å². The van der Waals surface area contributed by atoms with Crippen LogP contribution in [0.4, 0.5) is 5.69 Å². The lowest BCUT2D eigenvalue weighted by Gasteiger charge is -2.15. The van der Waals surface area contributed by atoms with E-state index in [0.717, 1.165) is 19.0 Å². The second-order valence-electron chi connectivity index (χ2n) is 4.94. The Morgan fingerprint density at radius 2 is 2.18 bits per heavy atom. The predicted molar refractivity (Wildman–Crippen MR) is 71.8 cm³/mol. The molecule has 1 aromatic carbocycles. The van der Waals surface area contributed by atoms with Gasteiger partial charge in [-0.1, -0.05) is 12.1 Å². The van der Waals surface area contributed by atoms with E-state index in [9.17, 15) is 0 Å². The van der Waals surface area contributed by atoms with Crippen molar-refractivity contribution in [3.8, 4) is 0 Å². The van der Waals surface area contributed by atoms with E-state index in [4.69, 9.17) is 0 Å². The summed E-state index contributed by atoms with van der Waals surface area (Å²) < 4.78 is 0. The van der Waals surface area contributed by atoms with Crippen molar-refractivity contribution in [3.05, 3.63) is 29.8 Å². The number of hydrogen-bond acceptors (Lipinski definition) is 3. The monoisotopic (exact) mass is 229 g/mol. The highest BCUT2D eigenvalue weighted by Crippen LogP contribution is 2.19. The Morgan fingerprint density at radius 3 is 2.82 bits per heavy atom. The second kappa shape index (κ2) is 4.88. The lowest BCUT2D eigenvalue weighted by molar-refractivity contribution is 0.580. The zero-order chi connectivity index (χ0) is 11.5. The van der Waals surface area contributed by atoms with Crippen molar-refractivity contribution in [2.75, 3.05) is 31.1 Å². The van der Waals surface area contributed by atoms with Crippen molar-refractivity contribution in [3.63, 3.8) is 0 Å². The number of nitrogens with one attached hydrogen (secondary N) is 1. The Kier molecular flexibility index (Phi) is 3.10. The number of hydrogen-bond donors (Lipinski definition) is 1. The standard InChI is InChI=1S/C14H19N3/c1-3-14(17-8-7-16-11-17)4-2-12(1)9-13-5-6-15-10-13/h1-4,11,13,15H,5-10H2. The molecule has 17 heavy (non-hydrogen) atoms. The Labute approximate surface area is 103 Å². The fraction of sp³-hybridized carbons (Fsp3) is 0.500. The van der Waals surface area contributed by atoms with Crippen LogP contribution in [-0.2, 0) is 6.42 Å². The summed E-state index contributed by atoms with van der Waals surface area (Å²) in [4.78, 5) is 6.45. The van der Waals surface area contributed by atoms with E-state index in [0.29, 0.717) is 0 Å². The molecule has 0 radical (unpaired) electrons. The average Bonchev–Trinajstić information content (AvgIpc) is 3.01. The van der Waals surface area contributed by atoms with Crippen molar-refractivity contribution in [2.45, 2.75) is 12.8 Å².